The van der Waals surface area contributed by atoms with Gasteiger partial charge in [0.05, 0.1) is 0 Å². The topological polar surface area (TPSA) is 53.6 Å². The number of nitrogens with zero attached hydrogens (tertiary/aromatic N) is 1. The van der Waals surface area contributed by atoms with Gasteiger partial charge in [-0.2, -0.15) is 0 Å². The number of nitrogens with one attached hydrogen (secondary N) is 2. The van der Waals surface area contributed by atoms with Crippen molar-refractivity contribution in [3.05, 3.63) is 0 Å². The Hall–Kier alpha value is -0.810. The van der Waals surface area contributed by atoms with Crippen molar-refractivity contribution in [3.8, 4) is 0 Å². The van der Waals surface area contributed by atoms with Gasteiger partial charge in [0, 0.05) is 25.2 Å². The molecule has 0 aromatic carbocycles. The van der Waals surface area contributed by atoms with E-state index in [4.69, 9.17) is 4.74 Å². The van der Waals surface area contributed by atoms with E-state index in [1.807, 2.05) is 20.8 Å². The van der Waals surface area contributed by atoms with Crippen LogP contribution in [0.15, 0.2) is 0 Å². The van der Waals surface area contributed by atoms with Crippen molar-refractivity contribution < 1.29 is 9.53 Å². The molecule has 0 spiro atoms. The van der Waals surface area contributed by atoms with Gasteiger partial charge < -0.3 is 20.3 Å². The Bertz CT molecular complexity index is 381. The number of amides is 1. The summed E-state index contributed by atoms with van der Waals surface area (Å²) in [4.78, 5) is 14.3. The summed E-state index contributed by atoms with van der Waals surface area (Å²) < 4.78 is 5.35. The highest BCUT2D eigenvalue weighted by Gasteiger charge is 2.29. The second-order valence-electron chi connectivity index (χ2n) is 8.30. The quantitative estimate of drug-likeness (QED) is 0.834. The van der Waals surface area contributed by atoms with Crippen molar-refractivity contribution in [2.45, 2.75) is 77.0 Å². The third-order valence-corrected chi connectivity index (χ3v) is 4.89. The predicted octanol–water partition coefficient (Wildman–Crippen LogP) is 2.75. The molecule has 0 radical (unpaired) electrons. The van der Waals surface area contributed by atoms with Gasteiger partial charge in [0.2, 0.25) is 0 Å². The number of likely N-dealkylation sites (tertiary alicyclic amines) is 1. The van der Waals surface area contributed by atoms with Gasteiger partial charge >= 0.3 is 6.09 Å². The fourth-order valence-electron chi connectivity index (χ4n) is 3.81. The molecule has 1 aliphatic heterocycles. The van der Waals surface area contributed by atoms with Crippen molar-refractivity contribution >= 4 is 6.09 Å². The molecule has 2 N–H and O–H groups in total. The van der Waals surface area contributed by atoms with Crippen LogP contribution in [0.4, 0.5) is 4.79 Å². The van der Waals surface area contributed by atoms with E-state index in [1.54, 1.807) is 0 Å². The summed E-state index contributed by atoms with van der Waals surface area (Å²) in [6.07, 6.45) is 7.23. The molecule has 5 heteroatoms. The van der Waals surface area contributed by atoms with Gasteiger partial charge in [-0.1, -0.05) is 12.8 Å². The highest BCUT2D eigenvalue weighted by molar-refractivity contribution is 5.67. The molecule has 23 heavy (non-hydrogen) atoms. The SMILES string of the molecule is CN1CCCC(NC2CCCCC2CNC(=O)OC(C)(C)C)C1. The molecular weight excluding hydrogens is 290 g/mol. The molecule has 1 amide bonds. The number of likely N-dealkylation sites (N-methyl/N-ethyl adjacent to an activating group) is 1. The van der Waals surface area contributed by atoms with E-state index in [-0.39, 0.29) is 6.09 Å². The minimum Gasteiger partial charge on any atom is -0.444 e. The van der Waals surface area contributed by atoms with Gasteiger partial charge in [-0.15, -0.1) is 0 Å². The van der Waals surface area contributed by atoms with Gasteiger partial charge in [-0.3, -0.25) is 0 Å². The second kappa shape index (κ2) is 8.34. The Balaban J connectivity index is 1.79. The maximum Gasteiger partial charge on any atom is 0.407 e. The van der Waals surface area contributed by atoms with Crippen LogP contribution in [0.1, 0.15) is 59.3 Å². The largest absolute Gasteiger partial charge is 0.444 e. The van der Waals surface area contributed by atoms with Crippen molar-refractivity contribution in [2.24, 2.45) is 5.92 Å². The molecule has 134 valence electrons. The molecule has 0 aromatic heterocycles. The van der Waals surface area contributed by atoms with E-state index >= 15 is 0 Å². The van der Waals surface area contributed by atoms with Crippen LogP contribution in [0.3, 0.4) is 0 Å². The molecule has 3 unspecified atom stereocenters. The predicted molar refractivity (Wildman–Crippen MR) is 93.6 cm³/mol. The molecule has 2 rings (SSSR count). The summed E-state index contributed by atoms with van der Waals surface area (Å²) in [5.74, 6) is 0.517. The zero-order chi connectivity index (χ0) is 16.9. The normalized spacial score (nSPS) is 30.0. The van der Waals surface area contributed by atoms with Crippen LogP contribution in [0.25, 0.3) is 0 Å². The van der Waals surface area contributed by atoms with Crippen molar-refractivity contribution in [2.75, 3.05) is 26.7 Å². The summed E-state index contributed by atoms with van der Waals surface area (Å²) in [6.45, 7) is 8.77. The zero-order valence-electron chi connectivity index (χ0n) is 15.4. The first-order valence-electron chi connectivity index (χ1n) is 9.25. The lowest BCUT2D eigenvalue weighted by atomic mass is 9.83. The monoisotopic (exact) mass is 325 g/mol. The van der Waals surface area contributed by atoms with Crippen molar-refractivity contribution in [3.63, 3.8) is 0 Å². The molecule has 1 aliphatic carbocycles. The minimum absolute atomic E-state index is 0.292. The van der Waals surface area contributed by atoms with E-state index in [0.717, 1.165) is 13.1 Å². The Morgan fingerprint density at radius 3 is 2.61 bits per heavy atom. The second-order valence-corrected chi connectivity index (χ2v) is 8.30. The Morgan fingerprint density at radius 1 is 1.17 bits per heavy atom. The first kappa shape index (κ1) is 18.5. The highest BCUT2D eigenvalue weighted by atomic mass is 16.6. The van der Waals surface area contributed by atoms with Crippen LogP contribution in [0.2, 0.25) is 0 Å². The van der Waals surface area contributed by atoms with Gasteiger partial charge in [0.1, 0.15) is 5.60 Å². The third kappa shape index (κ3) is 6.68. The maximum atomic E-state index is 11.9. The third-order valence-electron chi connectivity index (χ3n) is 4.89. The molecule has 1 saturated carbocycles. The lowest BCUT2D eigenvalue weighted by Crippen LogP contribution is -2.52. The Morgan fingerprint density at radius 2 is 1.91 bits per heavy atom. The molecule has 0 aromatic rings. The number of piperidine rings is 1. The summed E-state index contributed by atoms with van der Waals surface area (Å²) in [5.41, 5.74) is -0.430. The van der Waals surface area contributed by atoms with Gasteiger partial charge in [0.25, 0.3) is 0 Å². The van der Waals surface area contributed by atoms with Crippen LogP contribution >= 0.6 is 0 Å². The Labute approximate surface area is 141 Å². The van der Waals surface area contributed by atoms with Gasteiger partial charge in [-0.05, 0) is 66.0 Å². The number of alkyl carbamates (subject to hydrolysis) is 1. The lowest BCUT2D eigenvalue weighted by molar-refractivity contribution is 0.0508. The van der Waals surface area contributed by atoms with Crippen LogP contribution in [-0.2, 0) is 4.74 Å². The van der Waals surface area contributed by atoms with E-state index < -0.39 is 5.60 Å². The average molecular weight is 325 g/mol. The Kier molecular flexibility index (Phi) is 6.72. The van der Waals surface area contributed by atoms with Gasteiger partial charge in [0.15, 0.2) is 0 Å². The summed E-state index contributed by atoms with van der Waals surface area (Å²) >= 11 is 0. The number of ether oxygens (including phenoxy) is 1. The number of rotatable bonds is 4. The van der Waals surface area contributed by atoms with Crippen molar-refractivity contribution in [1.82, 2.24) is 15.5 Å². The first-order valence-corrected chi connectivity index (χ1v) is 9.25. The average Bonchev–Trinajstić information content (AvgIpc) is 2.44. The van der Waals surface area contributed by atoms with E-state index in [1.165, 1.54) is 45.1 Å². The molecule has 2 fully saturated rings. The summed E-state index contributed by atoms with van der Waals surface area (Å²) in [7, 11) is 2.20. The minimum atomic E-state index is -0.430. The zero-order valence-corrected chi connectivity index (χ0v) is 15.4. The van der Waals surface area contributed by atoms with Crippen LogP contribution in [0, 0.1) is 5.92 Å². The molecule has 3 atom stereocenters. The first-order chi connectivity index (χ1) is 10.8. The maximum absolute atomic E-state index is 11.9. The van der Waals surface area contributed by atoms with E-state index in [2.05, 4.69) is 22.6 Å². The van der Waals surface area contributed by atoms with E-state index in [0.29, 0.717) is 18.0 Å². The summed E-state index contributed by atoms with van der Waals surface area (Å²) in [6, 6.07) is 1.12. The van der Waals surface area contributed by atoms with E-state index in [9.17, 15) is 4.79 Å². The molecule has 1 heterocycles. The van der Waals surface area contributed by atoms with Crippen molar-refractivity contribution in [1.29, 1.82) is 0 Å². The highest BCUT2D eigenvalue weighted by Crippen LogP contribution is 2.25. The van der Waals surface area contributed by atoms with Crippen LogP contribution in [0.5, 0.6) is 0 Å². The molecule has 2 aliphatic rings. The number of carbonyl (C=O) groups is 1. The molecule has 1 saturated heterocycles. The fraction of sp³-hybridized carbons (Fsp3) is 0.944. The van der Waals surface area contributed by atoms with Crippen LogP contribution < -0.4 is 10.6 Å². The number of hydrogen-bond donors (Lipinski definition) is 2. The number of carbonyl (C=O) groups excluding carboxylic acids is 1. The number of hydrogen-bond acceptors (Lipinski definition) is 4. The molecule has 5 nitrogen and oxygen atoms in total. The fourth-order valence-corrected chi connectivity index (χ4v) is 3.81. The standard InChI is InChI=1S/C18H35N3O2/c1-18(2,3)23-17(22)19-12-14-8-5-6-10-16(14)20-15-9-7-11-21(4)13-15/h14-16,20H,5-13H2,1-4H3,(H,19,22). The summed E-state index contributed by atoms with van der Waals surface area (Å²) in [5, 5.41) is 6.85. The smallest absolute Gasteiger partial charge is 0.407 e. The molecule has 0 bridgehead atoms. The van der Waals surface area contributed by atoms with Gasteiger partial charge in [-0.25, -0.2) is 4.79 Å². The lowest BCUT2D eigenvalue weighted by Gasteiger charge is -2.38. The van der Waals surface area contributed by atoms with Crippen LogP contribution in [-0.4, -0.2) is 55.4 Å². The molecular formula is C18H35N3O2.